The van der Waals surface area contributed by atoms with Crippen LogP contribution >= 0.6 is 0 Å². The average Bonchev–Trinajstić information content (AvgIpc) is 3.36. The van der Waals surface area contributed by atoms with Gasteiger partial charge in [-0.1, -0.05) is 26.2 Å². The minimum Gasteiger partial charge on any atom is -0.382 e. The van der Waals surface area contributed by atoms with Gasteiger partial charge >= 0.3 is 6.09 Å². The fourth-order valence-electron chi connectivity index (χ4n) is 6.00. The van der Waals surface area contributed by atoms with Gasteiger partial charge in [0.25, 0.3) is 0 Å². The maximum absolute atomic E-state index is 11.6. The van der Waals surface area contributed by atoms with Crippen molar-refractivity contribution in [1.82, 2.24) is 30.3 Å². The van der Waals surface area contributed by atoms with Crippen molar-refractivity contribution in [3.8, 4) is 0 Å². The molecule has 35 heavy (non-hydrogen) atoms. The predicted octanol–water partition coefficient (Wildman–Crippen LogP) is 3.87. The van der Waals surface area contributed by atoms with E-state index in [0.717, 1.165) is 30.2 Å². The number of rotatable bonds is 7. The van der Waals surface area contributed by atoms with Gasteiger partial charge in [0, 0.05) is 12.6 Å². The molecule has 10 heteroatoms. The van der Waals surface area contributed by atoms with Gasteiger partial charge < -0.3 is 19.8 Å². The molecule has 0 radical (unpaired) electrons. The van der Waals surface area contributed by atoms with E-state index in [-0.39, 0.29) is 6.04 Å². The maximum Gasteiger partial charge on any atom is 0.427 e. The highest BCUT2D eigenvalue weighted by Gasteiger charge is 2.42. The van der Waals surface area contributed by atoms with Gasteiger partial charge in [-0.05, 0) is 69.6 Å². The van der Waals surface area contributed by atoms with Crippen LogP contribution in [0.15, 0.2) is 0 Å². The molecule has 0 aromatic carbocycles. The van der Waals surface area contributed by atoms with Crippen molar-refractivity contribution in [3.05, 3.63) is 11.6 Å². The molecular formula is C25H37N7O3. The molecule has 4 fully saturated rings. The van der Waals surface area contributed by atoms with Gasteiger partial charge in [0.15, 0.2) is 23.5 Å². The van der Waals surface area contributed by atoms with Crippen LogP contribution in [0, 0.1) is 17.8 Å². The summed E-state index contributed by atoms with van der Waals surface area (Å²) >= 11 is 0. The Labute approximate surface area is 205 Å². The van der Waals surface area contributed by atoms with Gasteiger partial charge in [0.05, 0.1) is 0 Å². The molecule has 6 rings (SSSR count). The highest BCUT2D eigenvalue weighted by molar-refractivity contribution is 5.84. The van der Waals surface area contributed by atoms with Gasteiger partial charge in [-0.25, -0.2) is 19.7 Å². The van der Waals surface area contributed by atoms with Crippen LogP contribution in [0.2, 0.25) is 0 Å². The molecule has 3 saturated carbocycles. The zero-order valence-corrected chi connectivity index (χ0v) is 20.7. The van der Waals surface area contributed by atoms with Crippen molar-refractivity contribution in [2.45, 2.75) is 102 Å². The van der Waals surface area contributed by atoms with E-state index in [1.165, 1.54) is 44.9 Å². The molecule has 3 heterocycles. The number of imidazole rings is 1. The molecule has 2 aromatic rings. The third-order valence-electron chi connectivity index (χ3n) is 8.80. The number of nitrogens with zero attached hydrogens (tertiary/aromatic N) is 4. The molecule has 0 bridgehead atoms. The van der Waals surface area contributed by atoms with Crippen LogP contribution in [0.3, 0.4) is 0 Å². The van der Waals surface area contributed by atoms with Crippen LogP contribution in [-0.2, 0) is 17.0 Å². The number of nitrogens with one attached hydrogen (secondary N) is 3. The first-order chi connectivity index (χ1) is 16.9. The van der Waals surface area contributed by atoms with Crippen molar-refractivity contribution in [2.24, 2.45) is 17.8 Å². The van der Waals surface area contributed by atoms with E-state index < -0.39 is 17.9 Å². The zero-order chi connectivity index (χ0) is 24.2. The van der Waals surface area contributed by atoms with Crippen molar-refractivity contribution in [2.75, 3.05) is 5.32 Å². The number of aliphatic hydroxyl groups is 1. The van der Waals surface area contributed by atoms with Crippen molar-refractivity contribution >= 4 is 23.1 Å². The van der Waals surface area contributed by atoms with Crippen LogP contribution < -0.4 is 16.1 Å². The Morgan fingerprint density at radius 2 is 1.91 bits per heavy atom. The summed E-state index contributed by atoms with van der Waals surface area (Å²) in [6.45, 7) is 5.36. The minimum atomic E-state index is -0.914. The van der Waals surface area contributed by atoms with Crippen molar-refractivity contribution in [1.29, 1.82) is 0 Å². The molecule has 4 aliphatic rings. The smallest absolute Gasteiger partial charge is 0.382 e. The van der Waals surface area contributed by atoms with E-state index in [9.17, 15) is 9.90 Å². The minimum absolute atomic E-state index is 0.256. The lowest BCUT2D eigenvalue weighted by atomic mass is 9.79. The molecule has 2 aromatic heterocycles. The number of carbonyl (C=O) groups is 1. The first kappa shape index (κ1) is 23.0. The number of carbonyl (C=O) groups excluding carboxylic acids is 1. The van der Waals surface area contributed by atoms with Crippen molar-refractivity contribution < 1.29 is 14.7 Å². The zero-order valence-electron chi connectivity index (χ0n) is 20.7. The molecule has 1 saturated heterocycles. The van der Waals surface area contributed by atoms with Crippen LogP contribution in [-0.4, -0.2) is 36.8 Å². The SMILES string of the molecule is CC1CCC(Cn2c(C3(O)CCC3)nc3nc(C4NOC(=O)N4)nc(N[C@H](C)C4CCC4)c32)CC1. The number of hydrogen-bond acceptors (Lipinski definition) is 8. The van der Waals surface area contributed by atoms with E-state index >= 15 is 0 Å². The number of fused-ring (bicyclic) bond motifs is 1. The van der Waals surface area contributed by atoms with Crippen LogP contribution in [0.1, 0.15) is 95.9 Å². The summed E-state index contributed by atoms with van der Waals surface area (Å²) < 4.78 is 2.21. The molecule has 2 atom stereocenters. The monoisotopic (exact) mass is 483 g/mol. The molecule has 0 spiro atoms. The van der Waals surface area contributed by atoms with E-state index in [1.54, 1.807) is 0 Å². The van der Waals surface area contributed by atoms with E-state index in [0.29, 0.717) is 42.0 Å². The Kier molecular flexibility index (Phi) is 5.83. The summed E-state index contributed by atoms with van der Waals surface area (Å²) in [7, 11) is 0. The average molecular weight is 484 g/mol. The van der Waals surface area contributed by atoms with Gasteiger partial charge in [0.2, 0.25) is 0 Å². The Bertz CT molecular complexity index is 1100. The van der Waals surface area contributed by atoms with E-state index in [2.05, 4.69) is 34.5 Å². The Morgan fingerprint density at radius 3 is 2.51 bits per heavy atom. The summed E-state index contributed by atoms with van der Waals surface area (Å²) in [5.41, 5.74) is 3.16. The Balaban J connectivity index is 1.44. The fraction of sp³-hybridized carbons (Fsp3) is 0.760. The second-order valence-electron chi connectivity index (χ2n) is 11.4. The highest BCUT2D eigenvalue weighted by Crippen LogP contribution is 2.43. The lowest BCUT2D eigenvalue weighted by Crippen LogP contribution is -2.37. The molecule has 1 unspecified atom stereocenters. The molecule has 4 N–H and O–H groups in total. The largest absolute Gasteiger partial charge is 0.427 e. The summed E-state index contributed by atoms with van der Waals surface area (Å²) in [6, 6.07) is 0.256. The number of amides is 1. The van der Waals surface area contributed by atoms with Gasteiger partial charge in [-0.3, -0.25) is 5.32 Å². The third kappa shape index (κ3) is 4.24. The first-order valence-corrected chi connectivity index (χ1v) is 13.4. The summed E-state index contributed by atoms with van der Waals surface area (Å²) in [4.78, 5) is 31.1. The number of hydrogen-bond donors (Lipinski definition) is 4. The summed E-state index contributed by atoms with van der Waals surface area (Å²) in [6.07, 6.45) is 9.79. The lowest BCUT2D eigenvalue weighted by molar-refractivity contribution is -0.0497. The van der Waals surface area contributed by atoms with Crippen LogP contribution in [0.5, 0.6) is 0 Å². The third-order valence-corrected chi connectivity index (χ3v) is 8.80. The molecule has 1 aliphatic heterocycles. The summed E-state index contributed by atoms with van der Waals surface area (Å²) in [5.74, 6) is 3.77. The van der Waals surface area contributed by atoms with Gasteiger partial charge in [-0.15, -0.1) is 5.48 Å². The fourth-order valence-corrected chi connectivity index (χ4v) is 6.00. The van der Waals surface area contributed by atoms with Crippen molar-refractivity contribution in [3.63, 3.8) is 0 Å². The second kappa shape index (κ2) is 8.89. The van der Waals surface area contributed by atoms with Gasteiger partial charge in [0.1, 0.15) is 16.9 Å². The first-order valence-electron chi connectivity index (χ1n) is 13.4. The van der Waals surface area contributed by atoms with Crippen LogP contribution in [0.25, 0.3) is 11.2 Å². The quantitative estimate of drug-likeness (QED) is 0.468. The molecule has 190 valence electrons. The van der Waals surface area contributed by atoms with E-state index in [1.807, 2.05) is 0 Å². The maximum atomic E-state index is 11.6. The lowest BCUT2D eigenvalue weighted by Gasteiger charge is -2.37. The topological polar surface area (TPSA) is 126 Å². The Morgan fingerprint density at radius 1 is 1.14 bits per heavy atom. The highest BCUT2D eigenvalue weighted by atomic mass is 16.7. The molecular weight excluding hydrogens is 446 g/mol. The standard InChI is InChI=1S/C25H37N7O3/c1-14-7-9-16(10-8-14)13-32-18-19(26-15(2)17-5-3-6-17)27-21(22-30-24(33)35-31-22)28-20(18)29-23(32)25(34)11-4-12-25/h14-17,22,31,34H,3-13H2,1-2H3,(H,30,33)(H,26,27,28)/t14?,15-,16?,22?/m1/s1. The number of hydroxylamine groups is 1. The second-order valence-corrected chi connectivity index (χ2v) is 11.4. The molecule has 1 amide bonds. The van der Waals surface area contributed by atoms with Gasteiger partial charge in [-0.2, -0.15) is 0 Å². The predicted molar refractivity (Wildman–Crippen MR) is 130 cm³/mol. The summed E-state index contributed by atoms with van der Waals surface area (Å²) in [5, 5.41) is 17.8. The van der Waals surface area contributed by atoms with E-state index in [4.69, 9.17) is 19.8 Å². The number of aromatic nitrogens is 4. The normalized spacial score (nSPS) is 29.2. The molecule has 10 nitrogen and oxygen atoms in total. The number of anilines is 1. The Hall–Kier alpha value is -2.46. The molecule has 3 aliphatic carbocycles. The van der Waals surface area contributed by atoms with Crippen LogP contribution in [0.4, 0.5) is 10.6 Å².